The van der Waals surface area contributed by atoms with Gasteiger partial charge in [0.2, 0.25) is 0 Å². The summed E-state index contributed by atoms with van der Waals surface area (Å²) in [4.78, 5) is 0. The lowest BCUT2D eigenvalue weighted by Gasteiger charge is -2.36. The van der Waals surface area contributed by atoms with E-state index in [4.69, 9.17) is 10.0 Å². The second-order valence-electron chi connectivity index (χ2n) is 4.32. The first-order valence-corrected chi connectivity index (χ1v) is 4.89. The van der Waals surface area contributed by atoms with E-state index in [0.717, 1.165) is 0 Å². The first kappa shape index (κ1) is 12.9. The average molecular weight is 188 g/mol. The molecule has 0 aliphatic heterocycles. The van der Waals surface area contributed by atoms with Gasteiger partial charge in [0.1, 0.15) is 0 Å². The van der Waals surface area contributed by atoms with Crippen molar-refractivity contribution >= 4 is 7.12 Å². The van der Waals surface area contributed by atoms with E-state index in [2.05, 4.69) is 0 Å². The van der Waals surface area contributed by atoms with Crippen LogP contribution in [-0.4, -0.2) is 27.9 Å². The van der Waals surface area contributed by atoms with Gasteiger partial charge in [0.25, 0.3) is 0 Å². The highest BCUT2D eigenvalue weighted by Gasteiger charge is 2.35. The Morgan fingerprint density at radius 2 is 1.46 bits per heavy atom. The third kappa shape index (κ3) is 3.67. The summed E-state index contributed by atoms with van der Waals surface area (Å²) in [5.74, 6) is 0.262. The van der Waals surface area contributed by atoms with Crippen molar-refractivity contribution in [3.63, 3.8) is 0 Å². The Morgan fingerprint density at radius 3 is 1.69 bits per heavy atom. The normalized spacial score (nSPS) is 12.7. The summed E-state index contributed by atoms with van der Waals surface area (Å²) in [6, 6.07) is 0. The Labute approximate surface area is 80.9 Å². The summed E-state index contributed by atoms with van der Waals surface area (Å²) in [6.45, 7) is 7.79. The molecule has 13 heavy (non-hydrogen) atoms. The fraction of sp³-hybridized carbons (Fsp3) is 1.00. The zero-order valence-electron chi connectivity index (χ0n) is 8.99. The quantitative estimate of drug-likeness (QED) is 0.561. The first-order valence-electron chi connectivity index (χ1n) is 4.89. The van der Waals surface area contributed by atoms with E-state index in [9.17, 15) is 5.11 Å². The molecule has 0 atom stereocenters. The highest BCUT2D eigenvalue weighted by molar-refractivity contribution is 6.40. The molecule has 0 heterocycles. The van der Waals surface area contributed by atoms with Crippen LogP contribution < -0.4 is 0 Å². The van der Waals surface area contributed by atoms with Crippen LogP contribution in [0.5, 0.6) is 0 Å². The number of hydrogen-bond donors (Lipinski definition) is 3. The number of hydrogen-bond acceptors (Lipinski definition) is 3. The molecule has 0 amide bonds. The monoisotopic (exact) mass is 188 g/mol. The van der Waals surface area contributed by atoms with Gasteiger partial charge in [-0.15, -0.1) is 0 Å². The average Bonchev–Trinajstić information content (AvgIpc) is 1.99. The summed E-state index contributed by atoms with van der Waals surface area (Å²) in [6.07, 6.45) is 0.660. The molecule has 0 aromatic heterocycles. The maximum atomic E-state index is 10.2. The minimum Gasteiger partial charge on any atom is -0.427 e. The van der Waals surface area contributed by atoms with Gasteiger partial charge >= 0.3 is 7.12 Å². The fourth-order valence-electron chi connectivity index (χ4n) is 1.60. The molecule has 0 aromatic carbocycles. The second-order valence-corrected chi connectivity index (χ2v) is 4.32. The summed E-state index contributed by atoms with van der Waals surface area (Å²) >= 11 is 0. The molecule has 0 fully saturated rings. The summed E-state index contributed by atoms with van der Waals surface area (Å²) < 4.78 is 0. The minimum absolute atomic E-state index is 0.131. The van der Waals surface area contributed by atoms with Crippen molar-refractivity contribution < 1.29 is 15.2 Å². The first-order chi connectivity index (χ1) is 5.80. The molecule has 0 unspecified atom stereocenters. The molecular weight excluding hydrogens is 167 g/mol. The maximum Gasteiger partial charge on any atom is 0.451 e. The van der Waals surface area contributed by atoms with Crippen LogP contribution in [0.2, 0.25) is 6.32 Å². The van der Waals surface area contributed by atoms with E-state index in [1.54, 1.807) is 0 Å². The van der Waals surface area contributed by atoms with Crippen molar-refractivity contribution in [3.05, 3.63) is 0 Å². The molecule has 0 aliphatic carbocycles. The molecule has 0 aromatic rings. The lowest BCUT2D eigenvalue weighted by molar-refractivity contribution is -0.0507. The SMILES string of the molecule is CC(C)C(O)(CCB(O)O)C(C)C. The maximum absolute atomic E-state index is 10.2. The molecule has 0 saturated heterocycles. The van der Waals surface area contributed by atoms with Crippen LogP contribution >= 0.6 is 0 Å². The molecule has 3 N–H and O–H groups in total. The van der Waals surface area contributed by atoms with Gasteiger partial charge in [-0.05, 0) is 24.6 Å². The molecule has 0 radical (unpaired) electrons. The third-order valence-electron chi connectivity index (χ3n) is 2.80. The Hall–Kier alpha value is -0.0551. The van der Waals surface area contributed by atoms with E-state index < -0.39 is 12.7 Å². The zero-order valence-corrected chi connectivity index (χ0v) is 8.99. The van der Waals surface area contributed by atoms with Crippen molar-refractivity contribution in [1.82, 2.24) is 0 Å². The largest absolute Gasteiger partial charge is 0.451 e. The highest BCUT2D eigenvalue weighted by atomic mass is 16.4. The van der Waals surface area contributed by atoms with Gasteiger partial charge in [0, 0.05) is 0 Å². The summed E-state index contributed by atoms with van der Waals surface area (Å²) in [5, 5.41) is 27.6. The van der Waals surface area contributed by atoms with Crippen molar-refractivity contribution in [3.8, 4) is 0 Å². The van der Waals surface area contributed by atoms with Gasteiger partial charge in [0.15, 0.2) is 0 Å². The molecule has 3 nitrogen and oxygen atoms in total. The standard InChI is InChI=1S/C9H21BO3/c1-7(2)9(11,8(3)4)5-6-10(12)13/h7-8,11-13H,5-6H2,1-4H3. The van der Waals surface area contributed by atoms with E-state index >= 15 is 0 Å². The minimum atomic E-state index is -1.32. The van der Waals surface area contributed by atoms with E-state index in [0.29, 0.717) is 6.42 Å². The predicted octanol–water partition coefficient (Wildman–Crippen LogP) is 0.892. The van der Waals surface area contributed by atoms with Crippen LogP contribution in [0.4, 0.5) is 0 Å². The number of rotatable bonds is 5. The summed E-state index contributed by atoms with van der Waals surface area (Å²) in [7, 11) is -1.32. The molecule has 4 heteroatoms. The summed E-state index contributed by atoms with van der Waals surface area (Å²) in [5.41, 5.74) is -0.788. The van der Waals surface area contributed by atoms with Crippen molar-refractivity contribution in [1.29, 1.82) is 0 Å². The third-order valence-corrected chi connectivity index (χ3v) is 2.80. The Kier molecular flexibility index (Phi) is 4.96. The molecule has 78 valence electrons. The molecular formula is C9H21BO3. The lowest BCUT2D eigenvalue weighted by Crippen LogP contribution is -2.41. The zero-order chi connectivity index (χ0) is 10.6. The lowest BCUT2D eigenvalue weighted by atomic mass is 9.71. The smallest absolute Gasteiger partial charge is 0.427 e. The van der Waals surface area contributed by atoms with Gasteiger partial charge < -0.3 is 15.2 Å². The Morgan fingerprint density at radius 1 is 1.08 bits per heavy atom. The van der Waals surface area contributed by atoms with Crippen LogP contribution in [-0.2, 0) is 0 Å². The van der Waals surface area contributed by atoms with Crippen LogP contribution in [0.15, 0.2) is 0 Å². The van der Waals surface area contributed by atoms with Gasteiger partial charge in [-0.1, -0.05) is 27.7 Å². The van der Waals surface area contributed by atoms with Crippen molar-refractivity contribution in [2.45, 2.75) is 46.0 Å². The van der Waals surface area contributed by atoms with Crippen molar-refractivity contribution in [2.75, 3.05) is 0 Å². The van der Waals surface area contributed by atoms with Gasteiger partial charge in [-0.25, -0.2) is 0 Å². The van der Waals surface area contributed by atoms with Gasteiger partial charge in [-0.3, -0.25) is 0 Å². The second kappa shape index (κ2) is 4.98. The fourth-order valence-corrected chi connectivity index (χ4v) is 1.60. The van der Waals surface area contributed by atoms with Gasteiger partial charge in [0.05, 0.1) is 5.60 Å². The van der Waals surface area contributed by atoms with Gasteiger partial charge in [-0.2, -0.15) is 0 Å². The topological polar surface area (TPSA) is 60.7 Å². The van der Waals surface area contributed by atoms with E-state index in [-0.39, 0.29) is 18.2 Å². The molecule has 0 bridgehead atoms. The predicted molar refractivity (Wildman–Crippen MR) is 54.2 cm³/mol. The Bertz CT molecular complexity index is 138. The van der Waals surface area contributed by atoms with Crippen LogP contribution in [0.3, 0.4) is 0 Å². The number of aliphatic hydroxyl groups is 1. The molecule has 0 aliphatic rings. The van der Waals surface area contributed by atoms with E-state index in [1.165, 1.54) is 0 Å². The Balaban J connectivity index is 4.25. The molecule has 0 rings (SSSR count). The van der Waals surface area contributed by atoms with Crippen LogP contribution in [0.25, 0.3) is 0 Å². The molecule has 0 spiro atoms. The molecule has 0 saturated carbocycles. The van der Waals surface area contributed by atoms with Crippen LogP contribution in [0, 0.1) is 11.8 Å². The van der Waals surface area contributed by atoms with Crippen molar-refractivity contribution in [2.24, 2.45) is 11.8 Å². The van der Waals surface area contributed by atoms with Crippen LogP contribution in [0.1, 0.15) is 34.1 Å². The highest BCUT2D eigenvalue weighted by Crippen LogP contribution is 2.31. The van der Waals surface area contributed by atoms with E-state index in [1.807, 2.05) is 27.7 Å².